The molecule has 1 amide bonds. The van der Waals surface area contributed by atoms with Crippen molar-refractivity contribution in [1.82, 2.24) is 10.0 Å². The molecule has 0 bridgehead atoms. The van der Waals surface area contributed by atoms with E-state index in [1.54, 1.807) is 12.1 Å². The number of rotatable bonds is 8. The molecule has 1 saturated carbocycles. The summed E-state index contributed by atoms with van der Waals surface area (Å²) in [6.45, 7) is 2.51. The van der Waals surface area contributed by atoms with Gasteiger partial charge in [0.05, 0.1) is 4.90 Å². The van der Waals surface area contributed by atoms with Gasteiger partial charge in [0.25, 0.3) is 5.91 Å². The summed E-state index contributed by atoms with van der Waals surface area (Å²) in [6.07, 6.45) is 4.94. The normalized spacial score (nSPS) is 14.9. The Morgan fingerprint density at radius 2 is 1.86 bits per heavy atom. The van der Waals surface area contributed by atoms with Gasteiger partial charge >= 0.3 is 0 Å². The van der Waals surface area contributed by atoms with Crippen LogP contribution in [0.25, 0.3) is 0 Å². The van der Waals surface area contributed by atoms with Crippen molar-refractivity contribution >= 4 is 15.9 Å². The van der Waals surface area contributed by atoms with E-state index in [-0.39, 0.29) is 10.8 Å². The van der Waals surface area contributed by atoms with E-state index in [4.69, 9.17) is 0 Å². The Hall–Kier alpha value is -1.40. The van der Waals surface area contributed by atoms with Gasteiger partial charge in [-0.25, -0.2) is 13.1 Å². The molecule has 0 aliphatic heterocycles. The molecular formula is C15H22N2O3S. The van der Waals surface area contributed by atoms with Gasteiger partial charge < -0.3 is 5.32 Å². The zero-order valence-corrected chi connectivity index (χ0v) is 13.1. The highest BCUT2D eigenvalue weighted by molar-refractivity contribution is 7.89. The molecule has 2 N–H and O–H groups in total. The van der Waals surface area contributed by atoms with Crippen LogP contribution in [0, 0.1) is 0 Å². The third-order valence-electron chi connectivity index (χ3n) is 3.41. The Kier molecular flexibility index (Phi) is 5.36. The van der Waals surface area contributed by atoms with Crippen molar-refractivity contribution in [2.45, 2.75) is 50.0 Å². The van der Waals surface area contributed by atoms with Crippen LogP contribution in [-0.4, -0.2) is 26.9 Å². The SMILES string of the molecule is CCCCCNS(=O)(=O)c1ccc(C(=O)NC2CC2)cc1. The predicted molar refractivity (Wildman–Crippen MR) is 81.6 cm³/mol. The van der Waals surface area contributed by atoms with Crippen LogP contribution >= 0.6 is 0 Å². The number of unbranched alkanes of at least 4 members (excludes halogenated alkanes) is 2. The molecule has 1 aromatic rings. The van der Waals surface area contributed by atoms with Crippen LogP contribution < -0.4 is 10.0 Å². The molecule has 2 rings (SSSR count). The summed E-state index contributed by atoms with van der Waals surface area (Å²) in [5.41, 5.74) is 0.492. The molecule has 0 saturated heterocycles. The lowest BCUT2D eigenvalue weighted by atomic mass is 10.2. The number of nitrogens with one attached hydrogen (secondary N) is 2. The summed E-state index contributed by atoms with van der Waals surface area (Å²) in [6, 6.07) is 6.35. The first-order chi connectivity index (χ1) is 10.0. The molecule has 1 aliphatic rings. The summed E-state index contributed by atoms with van der Waals surface area (Å²) in [5.74, 6) is -0.141. The molecule has 0 unspecified atom stereocenters. The fourth-order valence-corrected chi connectivity index (χ4v) is 3.02. The standard InChI is InChI=1S/C15H22N2O3S/c1-2-3-4-11-16-21(19,20)14-9-5-12(6-10-14)15(18)17-13-7-8-13/h5-6,9-10,13,16H,2-4,7-8,11H2,1H3,(H,17,18). The zero-order chi connectivity index (χ0) is 15.3. The maximum absolute atomic E-state index is 12.1. The average molecular weight is 310 g/mol. The number of amides is 1. The van der Waals surface area contributed by atoms with Crippen LogP contribution in [0.4, 0.5) is 0 Å². The summed E-state index contributed by atoms with van der Waals surface area (Å²) in [5, 5.41) is 2.87. The Morgan fingerprint density at radius 3 is 2.43 bits per heavy atom. The second kappa shape index (κ2) is 7.04. The maximum Gasteiger partial charge on any atom is 0.251 e. The van der Waals surface area contributed by atoms with E-state index in [2.05, 4.69) is 17.0 Å². The van der Waals surface area contributed by atoms with E-state index >= 15 is 0 Å². The van der Waals surface area contributed by atoms with E-state index in [0.717, 1.165) is 32.1 Å². The second-order valence-corrected chi connectivity index (χ2v) is 7.14. The summed E-state index contributed by atoms with van der Waals surface area (Å²) in [7, 11) is -3.48. The van der Waals surface area contributed by atoms with Gasteiger partial charge in [0, 0.05) is 18.2 Å². The van der Waals surface area contributed by atoms with Gasteiger partial charge in [0.1, 0.15) is 0 Å². The molecule has 1 fully saturated rings. The van der Waals surface area contributed by atoms with Crippen molar-refractivity contribution in [1.29, 1.82) is 0 Å². The topological polar surface area (TPSA) is 75.3 Å². The lowest BCUT2D eigenvalue weighted by molar-refractivity contribution is 0.0951. The highest BCUT2D eigenvalue weighted by Crippen LogP contribution is 2.19. The molecule has 0 aromatic heterocycles. The Labute approximate surface area is 126 Å². The quantitative estimate of drug-likeness (QED) is 0.722. The fourth-order valence-electron chi connectivity index (χ4n) is 1.95. The first-order valence-electron chi connectivity index (χ1n) is 7.43. The molecule has 6 heteroatoms. The van der Waals surface area contributed by atoms with Crippen molar-refractivity contribution in [3.05, 3.63) is 29.8 Å². The minimum Gasteiger partial charge on any atom is -0.349 e. The molecule has 0 heterocycles. The third kappa shape index (κ3) is 4.82. The minimum absolute atomic E-state index is 0.141. The smallest absolute Gasteiger partial charge is 0.251 e. The number of carbonyl (C=O) groups is 1. The molecule has 1 aromatic carbocycles. The molecule has 21 heavy (non-hydrogen) atoms. The highest BCUT2D eigenvalue weighted by atomic mass is 32.2. The molecule has 1 aliphatic carbocycles. The number of benzene rings is 1. The molecule has 5 nitrogen and oxygen atoms in total. The van der Waals surface area contributed by atoms with Gasteiger partial charge in [-0.05, 0) is 43.5 Å². The van der Waals surface area contributed by atoms with E-state index in [1.165, 1.54) is 12.1 Å². The number of hydrogen-bond acceptors (Lipinski definition) is 3. The van der Waals surface area contributed by atoms with Crippen LogP contribution in [0.1, 0.15) is 49.4 Å². The monoisotopic (exact) mass is 310 g/mol. The van der Waals surface area contributed by atoms with Crippen molar-refractivity contribution < 1.29 is 13.2 Å². The van der Waals surface area contributed by atoms with E-state index < -0.39 is 10.0 Å². The zero-order valence-electron chi connectivity index (χ0n) is 12.3. The Bertz CT molecular complexity index is 577. The maximum atomic E-state index is 12.1. The predicted octanol–water partition coefficient (Wildman–Crippen LogP) is 2.05. The Morgan fingerprint density at radius 1 is 1.19 bits per heavy atom. The number of sulfonamides is 1. The Balaban J connectivity index is 1.94. The third-order valence-corrected chi connectivity index (χ3v) is 4.89. The lowest BCUT2D eigenvalue weighted by Crippen LogP contribution is -2.26. The second-order valence-electron chi connectivity index (χ2n) is 5.38. The van der Waals surface area contributed by atoms with Crippen LogP contribution in [-0.2, 0) is 10.0 Å². The first-order valence-corrected chi connectivity index (χ1v) is 8.92. The highest BCUT2D eigenvalue weighted by Gasteiger charge is 2.24. The van der Waals surface area contributed by atoms with Gasteiger partial charge in [0.2, 0.25) is 10.0 Å². The van der Waals surface area contributed by atoms with Crippen molar-refractivity contribution in [2.75, 3.05) is 6.54 Å². The van der Waals surface area contributed by atoms with Crippen LogP contribution in [0.15, 0.2) is 29.2 Å². The van der Waals surface area contributed by atoms with Gasteiger partial charge in [-0.3, -0.25) is 4.79 Å². The summed E-state index contributed by atoms with van der Waals surface area (Å²) in [4.78, 5) is 12.0. The molecule has 0 radical (unpaired) electrons. The molecular weight excluding hydrogens is 288 g/mol. The number of carbonyl (C=O) groups excluding carboxylic acids is 1. The summed E-state index contributed by atoms with van der Waals surface area (Å²) >= 11 is 0. The first kappa shape index (κ1) is 16.0. The largest absolute Gasteiger partial charge is 0.349 e. The van der Waals surface area contributed by atoms with Crippen LogP contribution in [0.3, 0.4) is 0 Å². The van der Waals surface area contributed by atoms with Crippen LogP contribution in [0.5, 0.6) is 0 Å². The molecule has 0 atom stereocenters. The average Bonchev–Trinajstić information content (AvgIpc) is 3.28. The lowest BCUT2D eigenvalue weighted by Gasteiger charge is -2.08. The number of hydrogen-bond donors (Lipinski definition) is 2. The van der Waals surface area contributed by atoms with E-state index in [9.17, 15) is 13.2 Å². The van der Waals surface area contributed by atoms with Crippen LogP contribution in [0.2, 0.25) is 0 Å². The van der Waals surface area contributed by atoms with Crippen molar-refractivity contribution in [3.8, 4) is 0 Å². The van der Waals surface area contributed by atoms with E-state index in [1.807, 2.05) is 0 Å². The van der Waals surface area contributed by atoms with Gasteiger partial charge in [-0.1, -0.05) is 19.8 Å². The van der Waals surface area contributed by atoms with Crippen molar-refractivity contribution in [2.24, 2.45) is 0 Å². The van der Waals surface area contributed by atoms with Crippen molar-refractivity contribution in [3.63, 3.8) is 0 Å². The minimum atomic E-state index is -3.48. The fraction of sp³-hybridized carbons (Fsp3) is 0.533. The molecule has 0 spiro atoms. The van der Waals surface area contributed by atoms with E-state index in [0.29, 0.717) is 18.2 Å². The van der Waals surface area contributed by atoms with Gasteiger partial charge in [-0.15, -0.1) is 0 Å². The van der Waals surface area contributed by atoms with Gasteiger partial charge in [-0.2, -0.15) is 0 Å². The summed E-state index contributed by atoms with van der Waals surface area (Å²) < 4.78 is 26.7. The molecule has 116 valence electrons. The van der Waals surface area contributed by atoms with Gasteiger partial charge in [0.15, 0.2) is 0 Å².